The molecule has 3 aliphatic heterocycles. The number of morpholine rings is 1. The fraction of sp³-hybridized carbons (Fsp3) is 0.762. The molecule has 0 aliphatic carbocycles. The summed E-state index contributed by atoms with van der Waals surface area (Å²) in [6.07, 6.45) is 4.58. The minimum atomic E-state index is 0.181. The summed E-state index contributed by atoms with van der Waals surface area (Å²) in [4.78, 5) is 20.0. The zero-order valence-corrected chi connectivity index (χ0v) is 16.6. The molecular formula is C21H33N3O3. The number of hydrogen-bond donors (Lipinski definition) is 0. The summed E-state index contributed by atoms with van der Waals surface area (Å²) in [5.41, 5.74) is 0. The van der Waals surface area contributed by atoms with Crippen molar-refractivity contribution in [3.8, 4) is 0 Å². The van der Waals surface area contributed by atoms with E-state index >= 15 is 0 Å². The normalized spacial score (nSPS) is 26.4. The molecule has 27 heavy (non-hydrogen) atoms. The van der Waals surface area contributed by atoms with Crippen molar-refractivity contribution >= 4 is 5.91 Å². The summed E-state index contributed by atoms with van der Waals surface area (Å²) in [6.45, 7) is 10.1. The fourth-order valence-electron chi connectivity index (χ4n) is 4.81. The van der Waals surface area contributed by atoms with Gasteiger partial charge in [0.1, 0.15) is 11.5 Å². The second kappa shape index (κ2) is 8.76. The van der Waals surface area contributed by atoms with Crippen molar-refractivity contribution in [2.24, 2.45) is 5.92 Å². The summed E-state index contributed by atoms with van der Waals surface area (Å²) >= 11 is 0. The lowest BCUT2D eigenvalue weighted by atomic mass is 9.92. The van der Waals surface area contributed by atoms with Gasteiger partial charge in [-0.15, -0.1) is 0 Å². The molecule has 1 amide bonds. The highest BCUT2D eigenvalue weighted by Crippen LogP contribution is 2.26. The van der Waals surface area contributed by atoms with Gasteiger partial charge in [0.15, 0.2) is 0 Å². The Labute approximate surface area is 162 Å². The lowest BCUT2D eigenvalue weighted by Crippen LogP contribution is -2.52. The third-order valence-electron chi connectivity index (χ3n) is 6.37. The summed E-state index contributed by atoms with van der Waals surface area (Å²) in [5, 5.41) is 0. The fourth-order valence-corrected chi connectivity index (χ4v) is 4.81. The third-order valence-corrected chi connectivity index (χ3v) is 6.37. The molecule has 3 aliphatic rings. The monoisotopic (exact) mass is 375 g/mol. The standard InChI is InChI=1S/C21H33N3O3/c1-17-4-5-20(27-17)16-22-9-6-19(7-10-22)24-8-2-3-18(15-24)21(25)23-11-13-26-14-12-23/h4-5,18-19H,2-3,6-16H2,1H3/t18-/m1/s1. The van der Waals surface area contributed by atoms with E-state index in [0.29, 0.717) is 25.2 Å². The number of carbonyl (C=O) groups excluding carboxylic acids is 1. The average Bonchev–Trinajstić information content (AvgIpc) is 3.13. The number of ether oxygens (including phenoxy) is 1. The smallest absolute Gasteiger partial charge is 0.227 e. The van der Waals surface area contributed by atoms with E-state index in [4.69, 9.17) is 9.15 Å². The average molecular weight is 376 g/mol. The Morgan fingerprint density at radius 2 is 1.85 bits per heavy atom. The van der Waals surface area contributed by atoms with Crippen LogP contribution in [0.4, 0.5) is 0 Å². The zero-order valence-electron chi connectivity index (χ0n) is 16.6. The predicted octanol–water partition coefficient (Wildman–Crippen LogP) is 2.12. The molecule has 0 bridgehead atoms. The lowest BCUT2D eigenvalue weighted by Gasteiger charge is -2.43. The van der Waals surface area contributed by atoms with Crippen molar-refractivity contribution in [3.63, 3.8) is 0 Å². The first-order chi connectivity index (χ1) is 13.2. The van der Waals surface area contributed by atoms with Crippen molar-refractivity contribution in [1.29, 1.82) is 0 Å². The minimum Gasteiger partial charge on any atom is -0.465 e. The molecule has 3 saturated heterocycles. The van der Waals surface area contributed by atoms with E-state index in [1.165, 1.54) is 12.8 Å². The largest absolute Gasteiger partial charge is 0.465 e. The Balaban J connectivity index is 1.26. The van der Waals surface area contributed by atoms with Crippen molar-refractivity contribution in [2.75, 3.05) is 52.5 Å². The summed E-state index contributed by atoms with van der Waals surface area (Å²) in [5.74, 6) is 2.60. The Kier molecular flexibility index (Phi) is 6.15. The maximum absolute atomic E-state index is 12.9. The Bertz CT molecular complexity index is 618. The van der Waals surface area contributed by atoms with Crippen LogP contribution in [-0.4, -0.2) is 79.1 Å². The number of nitrogens with zero attached hydrogens (tertiary/aromatic N) is 3. The topological polar surface area (TPSA) is 49.2 Å². The van der Waals surface area contributed by atoms with Crippen LogP contribution in [0.3, 0.4) is 0 Å². The highest BCUT2D eigenvalue weighted by atomic mass is 16.5. The first-order valence-corrected chi connectivity index (χ1v) is 10.6. The molecule has 1 aromatic rings. The molecule has 4 rings (SSSR count). The second-order valence-corrected chi connectivity index (χ2v) is 8.29. The van der Waals surface area contributed by atoms with Crippen LogP contribution in [-0.2, 0) is 16.1 Å². The quantitative estimate of drug-likeness (QED) is 0.807. The summed E-state index contributed by atoms with van der Waals surface area (Å²) < 4.78 is 11.1. The van der Waals surface area contributed by atoms with E-state index in [1.807, 2.05) is 17.9 Å². The molecule has 4 heterocycles. The van der Waals surface area contributed by atoms with Crippen LogP contribution in [0.2, 0.25) is 0 Å². The van der Waals surface area contributed by atoms with E-state index < -0.39 is 0 Å². The highest BCUT2D eigenvalue weighted by Gasteiger charge is 2.33. The molecule has 1 aromatic heterocycles. The van der Waals surface area contributed by atoms with E-state index in [-0.39, 0.29) is 5.92 Å². The molecule has 3 fully saturated rings. The number of carbonyl (C=O) groups is 1. The Morgan fingerprint density at radius 1 is 1.07 bits per heavy atom. The SMILES string of the molecule is Cc1ccc(CN2CCC(N3CCC[C@@H](C(=O)N4CCOCC4)C3)CC2)o1. The molecule has 1 atom stereocenters. The minimum absolute atomic E-state index is 0.181. The predicted molar refractivity (Wildman–Crippen MR) is 103 cm³/mol. The van der Waals surface area contributed by atoms with Crippen LogP contribution in [0.25, 0.3) is 0 Å². The molecule has 0 aromatic carbocycles. The van der Waals surface area contributed by atoms with Gasteiger partial charge >= 0.3 is 0 Å². The van der Waals surface area contributed by atoms with Gasteiger partial charge in [0.2, 0.25) is 5.91 Å². The molecule has 150 valence electrons. The number of aryl methyl sites for hydroxylation is 1. The van der Waals surface area contributed by atoms with Crippen LogP contribution < -0.4 is 0 Å². The summed E-state index contributed by atoms with van der Waals surface area (Å²) in [6, 6.07) is 4.76. The molecule has 6 heteroatoms. The maximum Gasteiger partial charge on any atom is 0.227 e. The van der Waals surface area contributed by atoms with Crippen molar-refractivity contribution in [1.82, 2.24) is 14.7 Å². The van der Waals surface area contributed by atoms with E-state index in [9.17, 15) is 4.79 Å². The molecule has 0 radical (unpaired) electrons. The van der Waals surface area contributed by atoms with E-state index in [1.54, 1.807) is 0 Å². The van der Waals surface area contributed by atoms with Crippen LogP contribution in [0.5, 0.6) is 0 Å². The van der Waals surface area contributed by atoms with Crippen molar-refractivity contribution < 1.29 is 13.9 Å². The van der Waals surface area contributed by atoms with Gasteiger partial charge in [-0.3, -0.25) is 14.6 Å². The Morgan fingerprint density at radius 3 is 2.56 bits per heavy atom. The zero-order chi connectivity index (χ0) is 18.6. The second-order valence-electron chi connectivity index (χ2n) is 8.29. The molecule has 0 N–H and O–H groups in total. The van der Waals surface area contributed by atoms with Gasteiger partial charge in [0.25, 0.3) is 0 Å². The highest BCUT2D eigenvalue weighted by molar-refractivity contribution is 5.79. The number of hydrogen-bond acceptors (Lipinski definition) is 5. The number of furan rings is 1. The van der Waals surface area contributed by atoms with Gasteiger partial charge in [-0.25, -0.2) is 0 Å². The number of piperidine rings is 2. The van der Waals surface area contributed by atoms with Crippen LogP contribution in [0.15, 0.2) is 16.5 Å². The van der Waals surface area contributed by atoms with Crippen LogP contribution >= 0.6 is 0 Å². The van der Waals surface area contributed by atoms with Gasteiger partial charge in [-0.05, 0) is 51.3 Å². The van der Waals surface area contributed by atoms with Crippen molar-refractivity contribution in [3.05, 3.63) is 23.7 Å². The Hall–Kier alpha value is -1.37. The van der Waals surface area contributed by atoms with Gasteiger partial charge in [0, 0.05) is 38.8 Å². The van der Waals surface area contributed by atoms with E-state index in [2.05, 4.69) is 15.9 Å². The first kappa shape index (κ1) is 19.0. The van der Waals surface area contributed by atoms with Gasteiger partial charge in [-0.1, -0.05) is 0 Å². The molecular weight excluding hydrogens is 342 g/mol. The van der Waals surface area contributed by atoms with Gasteiger partial charge < -0.3 is 14.1 Å². The number of amides is 1. The summed E-state index contributed by atoms with van der Waals surface area (Å²) in [7, 11) is 0. The molecule has 0 saturated carbocycles. The number of likely N-dealkylation sites (tertiary alicyclic amines) is 2. The third kappa shape index (κ3) is 4.73. The molecule has 0 unspecified atom stereocenters. The van der Waals surface area contributed by atoms with Crippen molar-refractivity contribution in [2.45, 2.75) is 45.2 Å². The molecule has 0 spiro atoms. The molecule has 6 nitrogen and oxygen atoms in total. The first-order valence-electron chi connectivity index (χ1n) is 10.6. The lowest BCUT2D eigenvalue weighted by molar-refractivity contribution is -0.142. The maximum atomic E-state index is 12.9. The van der Waals surface area contributed by atoms with Gasteiger partial charge in [0.05, 0.1) is 25.7 Å². The van der Waals surface area contributed by atoms with Crippen LogP contribution in [0, 0.1) is 12.8 Å². The van der Waals surface area contributed by atoms with Gasteiger partial charge in [-0.2, -0.15) is 0 Å². The van der Waals surface area contributed by atoms with Crippen LogP contribution in [0.1, 0.15) is 37.2 Å². The number of rotatable bonds is 4. The van der Waals surface area contributed by atoms with E-state index in [0.717, 1.165) is 70.2 Å².